The van der Waals surface area contributed by atoms with E-state index in [0.717, 1.165) is 0 Å². The van der Waals surface area contributed by atoms with Crippen LogP contribution in [0.4, 0.5) is 0 Å². The Morgan fingerprint density at radius 2 is 2.00 bits per heavy atom. The molecule has 7 nitrogen and oxygen atoms in total. The molecule has 0 spiro atoms. The lowest BCUT2D eigenvalue weighted by atomic mass is 10.1. The van der Waals surface area contributed by atoms with Crippen molar-refractivity contribution in [3.8, 4) is 5.75 Å². The van der Waals surface area contributed by atoms with E-state index in [2.05, 4.69) is 0 Å². The highest BCUT2D eigenvalue weighted by Gasteiger charge is 2.36. The number of ether oxygens (including phenoxy) is 2. The smallest absolute Gasteiger partial charge is 0.342 e. The van der Waals surface area contributed by atoms with E-state index < -0.39 is 22.4 Å². The molecular weight excluding hydrogens is 358 g/mol. The van der Waals surface area contributed by atoms with Crippen molar-refractivity contribution in [2.75, 3.05) is 25.2 Å². The molecule has 144 valence electrons. The zero-order valence-electron chi connectivity index (χ0n) is 15.3. The monoisotopic (exact) mass is 383 g/mol. The van der Waals surface area contributed by atoms with E-state index in [1.165, 1.54) is 7.11 Å². The van der Waals surface area contributed by atoms with Crippen LogP contribution in [0, 0.1) is 0 Å². The van der Waals surface area contributed by atoms with Crippen molar-refractivity contribution in [2.45, 2.75) is 38.8 Å². The summed E-state index contributed by atoms with van der Waals surface area (Å²) in [6.07, 6.45) is 1.10. The predicted octanol–water partition coefficient (Wildman–Crippen LogP) is 1.67. The van der Waals surface area contributed by atoms with Gasteiger partial charge in [-0.25, -0.2) is 13.2 Å². The second kappa shape index (κ2) is 8.53. The Bertz CT molecular complexity index is 761. The summed E-state index contributed by atoms with van der Waals surface area (Å²) >= 11 is 0. The van der Waals surface area contributed by atoms with Gasteiger partial charge in [-0.05, 0) is 31.9 Å². The van der Waals surface area contributed by atoms with Crippen molar-refractivity contribution in [1.82, 2.24) is 4.90 Å². The minimum absolute atomic E-state index is 0.0382. The first kappa shape index (κ1) is 20.2. The van der Waals surface area contributed by atoms with Crippen LogP contribution in [0.25, 0.3) is 0 Å². The van der Waals surface area contributed by atoms with E-state index in [1.807, 2.05) is 13.8 Å². The van der Waals surface area contributed by atoms with E-state index in [4.69, 9.17) is 9.47 Å². The zero-order valence-corrected chi connectivity index (χ0v) is 16.1. The minimum Gasteiger partial charge on any atom is -0.496 e. The quantitative estimate of drug-likeness (QED) is 0.665. The topological polar surface area (TPSA) is 90.0 Å². The molecular formula is C18H25NO6S. The molecule has 2 atom stereocenters. The van der Waals surface area contributed by atoms with Crippen LogP contribution in [-0.2, 0) is 19.4 Å². The molecule has 2 unspecified atom stereocenters. The van der Waals surface area contributed by atoms with Gasteiger partial charge in [0.2, 0.25) is 0 Å². The van der Waals surface area contributed by atoms with Crippen molar-refractivity contribution < 1.29 is 27.5 Å². The van der Waals surface area contributed by atoms with Crippen molar-refractivity contribution in [3.63, 3.8) is 0 Å². The van der Waals surface area contributed by atoms with Crippen LogP contribution >= 0.6 is 0 Å². The van der Waals surface area contributed by atoms with E-state index in [1.54, 1.807) is 29.2 Å². The van der Waals surface area contributed by atoms with E-state index >= 15 is 0 Å². The molecule has 1 aliphatic rings. The molecule has 0 aromatic heterocycles. The molecule has 1 aromatic carbocycles. The van der Waals surface area contributed by atoms with Crippen LogP contribution in [0.5, 0.6) is 5.75 Å². The molecule has 0 saturated carbocycles. The van der Waals surface area contributed by atoms with Crippen LogP contribution in [-0.4, -0.2) is 62.5 Å². The van der Waals surface area contributed by atoms with Gasteiger partial charge in [0, 0.05) is 12.1 Å². The number of para-hydroxylation sites is 1. The summed E-state index contributed by atoms with van der Waals surface area (Å²) < 4.78 is 33.8. The lowest BCUT2D eigenvalue weighted by Crippen LogP contribution is -2.48. The maximum atomic E-state index is 12.7. The van der Waals surface area contributed by atoms with Crippen LogP contribution in [0.3, 0.4) is 0 Å². The number of sulfone groups is 1. The largest absolute Gasteiger partial charge is 0.496 e. The molecule has 2 rings (SSSR count). The third kappa shape index (κ3) is 4.75. The Morgan fingerprint density at radius 3 is 2.58 bits per heavy atom. The molecule has 0 aliphatic carbocycles. The third-order valence-electron chi connectivity index (χ3n) is 4.61. The molecule has 26 heavy (non-hydrogen) atoms. The number of carbonyl (C=O) groups is 2. The molecule has 0 bridgehead atoms. The fourth-order valence-corrected chi connectivity index (χ4v) is 4.81. The first-order valence-corrected chi connectivity index (χ1v) is 10.4. The van der Waals surface area contributed by atoms with Crippen LogP contribution < -0.4 is 4.74 Å². The summed E-state index contributed by atoms with van der Waals surface area (Å²) in [5.41, 5.74) is 0.237. The Balaban J connectivity index is 2.06. The summed E-state index contributed by atoms with van der Waals surface area (Å²) in [4.78, 5) is 26.5. The molecule has 1 amide bonds. The fourth-order valence-electron chi connectivity index (χ4n) is 3.09. The van der Waals surface area contributed by atoms with Gasteiger partial charge < -0.3 is 14.4 Å². The number of hydrogen-bond donors (Lipinski definition) is 0. The molecule has 1 aliphatic heterocycles. The molecule has 1 heterocycles. The van der Waals surface area contributed by atoms with Gasteiger partial charge in [-0.2, -0.15) is 0 Å². The van der Waals surface area contributed by atoms with Gasteiger partial charge in [-0.1, -0.05) is 19.1 Å². The summed E-state index contributed by atoms with van der Waals surface area (Å²) in [7, 11) is -1.67. The molecule has 8 heteroatoms. The Hall–Kier alpha value is -2.09. The Labute approximate surface area is 154 Å². The lowest BCUT2D eigenvalue weighted by Gasteiger charge is -2.33. The van der Waals surface area contributed by atoms with Crippen LogP contribution in [0.2, 0.25) is 0 Å². The summed E-state index contributed by atoms with van der Waals surface area (Å²) in [6.45, 7) is 3.36. The average molecular weight is 383 g/mol. The fraction of sp³-hybridized carbons (Fsp3) is 0.556. The maximum absolute atomic E-state index is 12.7. The van der Waals surface area contributed by atoms with Gasteiger partial charge in [-0.3, -0.25) is 4.79 Å². The Morgan fingerprint density at radius 1 is 1.31 bits per heavy atom. The molecule has 1 fully saturated rings. The number of benzene rings is 1. The lowest BCUT2D eigenvalue weighted by molar-refractivity contribution is -0.138. The van der Waals surface area contributed by atoms with Crippen molar-refractivity contribution >= 4 is 21.7 Å². The van der Waals surface area contributed by atoms with Gasteiger partial charge in [0.05, 0.1) is 18.6 Å². The molecule has 0 N–H and O–H groups in total. The van der Waals surface area contributed by atoms with Crippen molar-refractivity contribution in [2.24, 2.45) is 0 Å². The average Bonchev–Trinajstić information content (AvgIpc) is 2.98. The van der Waals surface area contributed by atoms with Gasteiger partial charge in [0.15, 0.2) is 16.4 Å². The van der Waals surface area contributed by atoms with Gasteiger partial charge in [-0.15, -0.1) is 0 Å². The van der Waals surface area contributed by atoms with Gasteiger partial charge in [0.1, 0.15) is 11.3 Å². The number of rotatable bonds is 7. The van der Waals surface area contributed by atoms with Crippen LogP contribution in [0.15, 0.2) is 24.3 Å². The molecule has 0 radical (unpaired) electrons. The predicted molar refractivity (Wildman–Crippen MR) is 96.9 cm³/mol. The normalized spacial score (nSPS) is 19.6. The van der Waals surface area contributed by atoms with E-state index in [0.29, 0.717) is 18.6 Å². The van der Waals surface area contributed by atoms with Crippen molar-refractivity contribution in [3.05, 3.63) is 29.8 Å². The Kier molecular flexibility index (Phi) is 6.63. The number of methoxy groups -OCH3 is 1. The number of hydrogen-bond acceptors (Lipinski definition) is 6. The maximum Gasteiger partial charge on any atom is 0.342 e. The highest BCUT2D eigenvalue weighted by Crippen LogP contribution is 2.22. The van der Waals surface area contributed by atoms with Gasteiger partial charge in [0.25, 0.3) is 5.91 Å². The molecule has 1 aromatic rings. The summed E-state index contributed by atoms with van der Waals surface area (Å²) in [6, 6.07) is 6.09. The standard InChI is InChI=1S/C18H25NO6S/c1-4-13(2)19(14-9-10-26(22,23)12-14)17(20)11-25-18(21)15-7-5-6-8-16(15)24-3/h5-8,13-14H,4,9-12H2,1-3H3. The summed E-state index contributed by atoms with van der Waals surface area (Å²) in [5, 5.41) is 0. The van der Waals surface area contributed by atoms with Gasteiger partial charge >= 0.3 is 5.97 Å². The first-order valence-electron chi connectivity index (χ1n) is 8.60. The number of amides is 1. The summed E-state index contributed by atoms with van der Waals surface area (Å²) in [5.74, 6) is -0.628. The number of carbonyl (C=O) groups excluding carboxylic acids is 2. The highest BCUT2D eigenvalue weighted by atomic mass is 32.2. The van der Waals surface area contributed by atoms with E-state index in [9.17, 15) is 18.0 Å². The second-order valence-electron chi connectivity index (χ2n) is 6.39. The minimum atomic E-state index is -3.12. The number of nitrogens with zero attached hydrogens (tertiary/aromatic N) is 1. The number of esters is 1. The van der Waals surface area contributed by atoms with Crippen LogP contribution in [0.1, 0.15) is 37.0 Å². The zero-order chi connectivity index (χ0) is 19.3. The van der Waals surface area contributed by atoms with Crippen molar-refractivity contribution in [1.29, 1.82) is 0 Å². The highest BCUT2D eigenvalue weighted by molar-refractivity contribution is 7.91. The SMILES string of the molecule is CCC(C)N(C(=O)COC(=O)c1ccccc1OC)C1CCS(=O)(=O)C1. The second-order valence-corrected chi connectivity index (χ2v) is 8.62. The first-order chi connectivity index (χ1) is 12.3. The third-order valence-corrected chi connectivity index (χ3v) is 6.36. The molecule has 1 saturated heterocycles. The van der Waals surface area contributed by atoms with E-state index in [-0.39, 0.29) is 35.1 Å².